The maximum atomic E-state index is 12.2. The molecule has 0 atom stereocenters. The van der Waals surface area contributed by atoms with Crippen LogP contribution < -0.4 is 0 Å². The van der Waals surface area contributed by atoms with Gasteiger partial charge in [0.1, 0.15) is 11.2 Å². The second-order valence-corrected chi connectivity index (χ2v) is 9.62. The van der Waals surface area contributed by atoms with Crippen molar-refractivity contribution in [1.29, 1.82) is 0 Å². The number of aliphatic hydroxyl groups is 2. The number of unbranched alkanes of at least 4 members (excludes halogenated alkanes) is 7. The Morgan fingerprint density at radius 2 is 0.969 bits per heavy atom. The molecule has 0 aromatic heterocycles. The number of benzene rings is 3. The Morgan fingerprint density at radius 3 is 1.50 bits per heavy atom. The third-order valence-electron chi connectivity index (χ3n) is 7.60. The quantitative estimate of drug-likeness (QED) is 0.380. The van der Waals surface area contributed by atoms with Gasteiger partial charge in [-0.05, 0) is 51.8 Å². The zero-order valence-corrected chi connectivity index (χ0v) is 19.1. The molecular weight excluding hydrogens is 392 g/mol. The molecule has 0 radical (unpaired) electrons. The summed E-state index contributed by atoms with van der Waals surface area (Å²) in [6, 6.07) is 22.0. The van der Waals surface area contributed by atoms with Crippen LogP contribution >= 0.6 is 0 Å². The van der Waals surface area contributed by atoms with Gasteiger partial charge in [0.2, 0.25) is 0 Å². The van der Waals surface area contributed by atoms with Gasteiger partial charge >= 0.3 is 0 Å². The van der Waals surface area contributed by atoms with E-state index in [2.05, 4.69) is 19.1 Å². The molecule has 0 heterocycles. The molecule has 0 aliphatic heterocycles. The Labute approximate surface area is 192 Å². The number of hydrogen-bond acceptors (Lipinski definition) is 2. The predicted octanol–water partition coefficient (Wildman–Crippen LogP) is 6.57. The predicted molar refractivity (Wildman–Crippen MR) is 130 cm³/mol. The highest BCUT2D eigenvalue weighted by Crippen LogP contribution is 2.59. The van der Waals surface area contributed by atoms with Crippen LogP contribution in [0.4, 0.5) is 0 Å². The van der Waals surface area contributed by atoms with Gasteiger partial charge in [-0.25, -0.2) is 0 Å². The van der Waals surface area contributed by atoms with Crippen LogP contribution in [0.5, 0.6) is 0 Å². The van der Waals surface area contributed by atoms with E-state index in [0.717, 1.165) is 39.8 Å². The first-order chi connectivity index (χ1) is 15.6. The van der Waals surface area contributed by atoms with Gasteiger partial charge in [0.25, 0.3) is 0 Å². The summed E-state index contributed by atoms with van der Waals surface area (Å²) in [5, 5.41) is 24.3. The van der Waals surface area contributed by atoms with Crippen molar-refractivity contribution in [3.8, 4) is 0 Å². The van der Waals surface area contributed by atoms with E-state index in [1.807, 2.05) is 54.6 Å². The molecule has 0 amide bonds. The van der Waals surface area contributed by atoms with Crippen molar-refractivity contribution in [1.82, 2.24) is 0 Å². The Balaban J connectivity index is 1.42. The third kappa shape index (κ3) is 3.16. The van der Waals surface area contributed by atoms with Crippen molar-refractivity contribution in [3.63, 3.8) is 0 Å². The van der Waals surface area contributed by atoms with E-state index in [4.69, 9.17) is 0 Å². The van der Waals surface area contributed by atoms with Gasteiger partial charge in [-0.1, -0.05) is 119 Å². The number of rotatable bonds is 9. The van der Waals surface area contributed by atoms with Gasteiger partial charge in [0.15, 0.2) is 0 Å². The molecule has 0 saturated heterocycles. The maximum absolute atomic E-state index is 12.2. The molecular formula is C30H34O2. The summed E-state index contributed by atoms with van der Waals surface area (Å²) in [7, 11) is 0. The van der Waals surface area contributed by atoms with Crippen molar-refractivity contribution in [2.45, 2.75) is 75.9 Å². The minimum Gasteiger partial charge on any atom is -0.376 e. The van der Waals surface area contributed by atoms with Crippen LogP contribution in [0.15, 0.2) is 66.7 Å². The van der Waals surface area contributed by atoms with E-state index >= 15 is 0 Å². The highest BCUT2D eigenvalue weighted by Gasteiger charge is 2.57. The van der Waals surface area contributed by atoms with Crippen LogP contribution in [-0.2, 0) is 17.6 Å². The molecule has 0 spiro atoms. The second kappa shape index (κ2) is 8.50. The lowest BCUT2D eigenvalue weighted by Gasteiger charge is -2.51. The van der Waals surface area contributed by atoms with Crippen LogP contribution in [0.1, 0.15) is 97.2 Å². The largest absolute Gasteiger partial charge is 0.376 e. The minimum absolute atomic E-state index is 0.796. The van der Waals surface area contributed by atoms with Crippen molar-refractivity contribution in [2.24, 2.45) is 0 Å². The van der Waals surface area contributed by atoms with Crippen LogP contribution in [0.25, 0.3) is 0 Å². The molecule has 3 aromatic carbocycles. The molecule has 0 fully saturated rings. The molecule has 0 unspecified atom stereocenters. The molecule has 3 aromatic rings. The average molecular weight is 427 g/mol. The highest BCUT2D eigenvalue weighted by atomic mass is 16.3. The zero-order chi connectivity index (χ0) is 22.2. The van der Waals surface area contributed by atoms with Crippen molar-refractivity contribution in [3.05, 3.63) is 106 Å². The summed E-state index contributed by atoms with van der Waals surface area (Å²) in [5.41, 5.74) is 3.66. The van der Waals surface area contributed by atoms with Crippen LogP contribution in [0, 0.1) is 0 Å². The van der Waals surface area contributed by atoms with Crippen molar-refractivity contribution >= 4 is 0 Å². The first-order valence-electron chi connectivity index (χ1n) is 12.4. The van der Waals surface area contributed by atoms with E-state index in [9.17, 15) is 10.2 Å². The van der Waals surface area contributed by atoms with E-state index in [1.165, 1.54) is 56.9 Å². The lowest BCUT2D eigenvalue weighted by atomic mass is 9.56. The zero-order valence-electron chi connectivity index (χ0n) is 19.1. The summed E-state index contributed by atoms with van der Waals surface area (Å²) >= 11 is 0. The highest BCUT2D eigenvalue weighted by molar-refractivity contribution is 5.72. The Bertz CT molecular complexity index is 1070. The fourth-order valence-electron chi connectivity index (χ4n) is 5.92. The molecule has 2 N–H and O–H groups in total. The average Bonchev–Trinajstić information content (AvgIpc) is 2.83. The minimum atomic E-state index is -1.22. The van der Waals surface area contributed by atoms with E-state index in [0.29, 0.717) is 0 Å². The topological polar surface area (TPSA) is 40.5 Å². The summed E-state index contributed by atoms with van der Waals surface area (Å²) in [4.78, 5) is 0. The maximum Gasteiger partial charge on any atom is 0.141 e. The molecule has 166 valence electrons. The number of hydrogen-bond donors (Lipinski definition) is 2. The molecule has 3 aliphatic carbocycles. The molecule has 32 heavy (non-hydrogen) atoms. The first kappa shape index (κ1) is 21.4. The summed E-state index contributed by atoms with van der Waals surface area (Å²) < 4.78 is 0. The van der Waals surface area contributed by atoms with Crippen molar-refractivity contribution in [2.75, 3.05) is 0 Å². The molecule has 2 nitrogen and oxygen atoms in total. The fraction of sp³-hybridized carbons (Fsp3) is 0.400. The Kier molecular flexibility index (Phi) is 5.69. The van der Waals surface area contributed by atoms with Gasteiger partial charge in [0, 0.05) is 0 Å². The SMILES string of the molecule is CCCCCCCCCCc1ccc2c(c1)C1(O)c3ccccc3C2(O)c2ccccc21. The molecule has 2 heteroatoms. The molecule has 3 aliphatic rings. The lowest BCUT2D eigenvalue weighted by molar-refractivity contribution is 0.0493. The molecule has 0 saturated carbocycles. The summed E-state index contributed by atoms with van der Waals surface area (Å²) in [6.45, 7) is 2.26. The van der Waals surface area contributed by atoms with Crippen LogP contribution in [-0.4, -0.2) is 10.2 Å². The monoisotopic (exact) mass is 426 g/mol. The Hall–Kier alpha value is -2.42. The van der Waals surface area contributed by atoms with E-state index in [-0.39, 0.29) is 0 Å². The van der Waals surface area contributed by atoms with Crippen molar-refractivity contribution < 1.29 is 10.2 Å². The fourth-order valence-corrected chi connectivity index (χ4v) is 5.92. The standard InChI is InChI=1S/C30H34O2/c1-2-3-4-5-6-7-8-9-14-22-19-20-27-28(21-22)30(32)25-17-12-10-15-23(25)29(27,31)24-16-11-13-18-26(24)30/h10-13,15-21,31-32H,2-9,14H2,1H3. The van der Waals surface area contributed by atoms with Gasteiger partial charge < -0.3 is 10.2 Å². The van der Waals surface area contributed by atoms with Crippen LogP contribution in [0.2, 0.25) is 0 Å². The number of aryl methyl sites for hydroxylation is 1. The van der Waals surface area contributed by atoms with Gasteiger partial charge in [-0.3, -0.25) is 0 Å². The summed E-state index contributed by atoms with van der Waals surface area (Å²) in [6.07, 6.45) is 11.5. The van der Waals surface area contributed by atoms with E-state index < -0.39 is 11.2 Å². The van der Waals surface area contributed by atoms with Gasteiger partial charge in [-0.2, -0.15) is 0 Å². The first-order valence-corrected chi connectivity index (χ1v) is 12.4. The van der Waals surface area contributed by atoms with Gasteiger partial charge in [0.05, 0.1) is 0 Å². The Morgan fingerprint density at radius 1 is 0.531 bits per heavy atom. The normalized spacial score (nSPS) is 22.3. The van der Waals surface area contributed by atoms with Crippen LogP contribution in [0.3, 0.4) is 0 Å². The van der Waals surface area contributed by atoms with Gasteiger partial charge in [-0.15, -0.1) is 0 Å². The molecule has 6 rings (SSSR count). The third-order valence-corrected chi connectivity index (χ3v) is 7.60. The summed E-state index contributed by atoms with van der Waals surface area (Å²) in [5.74, 6) is 0. The second-order valence-electron chi connectivity index (χ2n) is 9.62. The molecule has 2 bridgehead atoms. The smallest absolute Gasteiger partial charge is 0.141 e. The van der Waals surface area contributed by atoms with E-state index in [1.54, 1.807) is 0 Å². The lowest BCUT2D eigenvalue weighted by Crippen LogP contribution is -2.50.